The molecule has 1 N–H and O–H groups in total. The highest BCUT2D eigenvalue weighted by molar-refractivity contribution is 5.99. The zero-order valence-electron chi connectivity index (χ0n) is 14.2. The van der Waals surface area contributed by atoms with Gasteiger partial charge in [0.15, 0.2) is 0 Å². The van der Waals surface area contributed by atoms with Crippen LogP contribution < -0.4 is 5.32 Å². The first-order valence-corrected chi connectivity index (χ1v) is 9.02. The third kappa shape index (κ3) is 4.07. The molecule has 1 aliphatic carbocycles. The lowest BCUT2D eigenvalue weighted by Gasteiger charge is -2.34. The molecule has 1 aromatic carbocycles. The first kappa shape index (κ1) is 16.8. The van der Waals surface area contributed by atoms with Crippen LogP contribution >= 0.6 is 0 Å². The summed E-state index contributed by atoms with van der Waals surface area (Å²) in [5, 5.41) is 12.4. The monoisotopic (exact) mass is 326 g/mol. The number of benzene rings is 1. The van der Waals surface area contributed by atoms with E-state index in [1.807, 2.05) is 29.2 Å². The normalized spacial score (nSPS) is 19.7. The Kier molecular flexibility index (Phi) is 5.71. The molecule has 2 aliphatic rings. The zero-order valence-corrected chi connectivity index (χ0v) is 14.2. The van der Waals surface area contributed by atoms with Crippen molar-refractivity contribution in [2.24, 2.45) is 0 Å². The summed E-state index contributed by atoms with van der Waals surface area (Å²) >= 11 is 0. The van der Waals surface area contributed by atoms with Gasteiger partial charge in [0.1, 0.15) is 0 Å². The van der Waals surface area contributed by atoms with Gasteiger partial charge in [-0.3, -0.25) is 9.69 Å². The lowest BCUT2D eigenvalue weighted by Crippen LogP contribution is -2.48. The largest absolute Gasteiger partial charge is 0.382 e. The van der Waals surface area contributed by atoms with Crippen molar-refractivity contribution in [3.05, 3.63) is 29.8 Å². The van der Waals surface area contributed by atoms with Gasteiger partial charge in [0.2, 0.25) is 0 Å². The van der Waals surface area contributed by atoms with Crippen LogP contribution in [-0.2, 0) is 0 Å². The molecule has 5 nitrogen and oxygen atoms in total. The lowest BCUT2D eigenvalue weighted by atomic mass is 9.95. The van der Waals surface area contributed by atoms with E-state index in [-0.39, 0.29) is 5.91 Å². The van der Waals surface area contributed by atoms with Crippen molar-refractivity contribution in [3.8, 4) is 6.07 Å². The van der Waals surface area contributed by atoms with Gasteiger partial charge in [-0.25, -0.2) is 0 Å². The molecule has 1 aliphatic heterocycles. The number of hydrogen-bond acceptors (Lipinski definition) is 4. The highest BCUT2D eigenvalue weighted by Gasteiger charge is 2.24. The molecule has 1 heterocycles. The lowest BCUT2D eigenvalue weighted by molar-refractivity contribution is 0.0652. The number of nitriles is 1. The molecule has 1 aromatic rings. The van der Waals surface area contributed by atoms with Crippen molar-refractivity contribution in [2.75, 3.05) is 38.0 Å². The number of amides is 1. The SMILES string of the molecule is N#CCN1CCN(C(=O)c2ccccc2NC2CCCCC2)CC1. The summed E-state index contributed by atoms with van der Waals surface area (Å²) in [6.45, 7) is 3.38. The summed E-state index contributed by atoms with van der Waals surface area (Å²) in [6.07, 6.45) is 6.25. The quantitative estimate of drug-likeness (QED) is 0.864. The van der Waals surface area contributed by atoms with Gasteiger partial charge in [-0.1, -0.05) is 31.4 Å². The number of hydrogen-bond donors (Lipinski definition) is 1. The molecule has 0 bridgehead atoms. The van der Waals surface area contributed by atoms with Crippen LogP contribution in [0.1, 0.15) is 42.5 Å². The van der Waals surface area contributed by atoms with Gasteiger partial charge in [-0.2, -0.15) is 5.26 Å². The maximum Gasteiger partial charge on any atom is 0.256 e. The molecule has 3 rings (SSSR count). The molecule has 0 spiro atoms. The van der Waals surface area contributed by atoms with Gasteiger partial charge in [0, 0.05) is 37.9 Å². The molecular formula is C19H26N4O. The van der Waals surface area contributed by atoms with Crippen LogP contribution in [0, 0.1) is 11.3 Å². The molecule has 1 amide bonds. The van der Waals surface area contributed by atoms with Crippen molar-refractivity contribution in [1.29, 1.82) is 5.26 Å². The van der Waals surface area contributed by atoms with E-state index in [0.29, 0.717) is 25.7 Å². The fraction of sp³-hybridized carbons (Fsp3) is 0.579. The first-order chi connectivity index (χ1) is 11.8. The van der Waals surface area contributed by atoms with Crippen molar-refractivity contribution < 1.29 is 4.79 Å². The minimum atomic E-state index is 0.102. The smallest absolute Gasteiger partial charge is 0.256 e. The van der Waals surface area contributed by atoms with Crippen molar-refractivity contribution in [3.63, 3.8) is 0 Å². The number of nitrogens with zero attached hydrogens (tertiary/aromatic N) is 3. The second-order valence-electron chi connectivity index (χ2n) is 6.75. The molecule has 2 fully saturated rings. The van der Waals surface area contributed by atoms with E-state index < -0.39 is 0 Å². The number of nitrogens with one attached hydrogen (secondary N) is 1. The summed E-state index contributed by atoms with van der Waals surface area (Å²) in [6, 6.07) is 10.5. The molecular weight excluding hydrogens is 300 g/mol. The van der Waals surface area contributed by atoms with Crippen LogP contribution in [0.3, 0.4) is 0 Å². The molecule has 5 heteroatoms. The Morgan fingerprint density at radius 2 is 1.83 bits per heavy atom. The number of piperazine rings is 1. The highest BCUT2D eigenvalue weighted by Crippen LogP contribution is 2.25. The molecule has 0 atom stereocenters. The number of para-hydroxylation sites is 1. The Balaban J connectivity index is 1.65. The Morgan fingerprint density at radius 1 is 1.12 bits per heavy atom. The Bertz CT molecular complexity index is 596. The van der Waals surface area contributed by atoms with Gasteiger partial charge < -0.3 is 10.2 Å². The van der Waals surface area contributed by atoms with Gasteiger partial charge in [-0.15, -0.1) is 0 Å². The molecule has 0 unspecified atom stereocenters. The average molecular weight is 326 g/mol. The maximum atomic E-state index is 12.9. The minimum absolute atomic E-state index is 0.102. The van der Waals surface area contributed by atoms with E-state index in [9.17, 15) is 4.79 Å². The topological polar surface area (TPSA) is 59.4 Å². The predicted octanol–water partition coefficient (Wildman–Crippen LogP) is 2.71. The fourth-order valence-electron chi connectivity index (χ4n) is 3.64. The standard InChI is InChI=1S/C19H26N4O/c20-10-11-22-12-14-23(15-13-22)19(24)17-8-4-5-9-18(17)21-16-6-2-1-3-7-16/h4-5,8-9,16,21H,1-3,6-7,11-15H2. The minimum Gasteiger partial charge on any atom is -0.382 e. The molecule has 0 radical (unpaired) electrons. The summed E-state index contributed by atoms with van der Waals surface area (Å²) < 4.78 is 0. The Morgan fingerprint density at radius 3 is 2.54 bits per heavy atom. The summed E-state index contributed by atoms with van der Waals surface area (Å²) in [5.74, 6) is 0.102. The Hall–Kier alpha value is -2.06. The molecule has 1 saturated heterocycles. The van der Waals surface area contributed by atoms with E-state index in [0.717, 1.165) is 24.3 Å². The number of carbonyl (C=O) groups is 1. The number of carbonyl (C=O) groups excluding carboxylic acids is 1. The second kappa shape index (κ2) is 8.16. The fourth-order valence-corrected chi connectivity index (χ4v) is 3.64. The van der Waals surface area contributed by atoms with Gasteiger partial charge in [0.25, 0.3) is 5.91 Å². The summed E-state index contributed by atoms with van der Waals surface area (Å²) in [4.78, 5) is 16.9. The van der Waals surface area contributed by atoms with Crippen LogP contribution in [0.2, 0.25) is 0 Å². The van der Waals surface area contributed by atoms with E-state index in [1.165, 1.54) is 32.1 Å². The summed E-state index contributed by atoms with van der Waals surface area (Å²) in [5.41, 5.74) is 1.74. The van der Waals surface area contributed by atoms with Crippen LogP contribution in [0.25, 0.3) is 0 Å². The number of anilines is 1. The van der Waals surface area contributed by atoms with Gasteiger partial charge in [0.05, 0.1) is 18.2 Å². The highest BCUT2D eigenvalue weighted by atomic mass is 16.2. The average Bonchev–Trinajstić information content (AvgIpc) is 2.63. The van der Waals surface area contributed by atoms with Crippen molar-refractivity contribution in [1.82, 2.24) is 9.80 Å². The van der Waals surface area contributed by atoms with Crippen LogP contribution in [0.4, 0.5) is 5.69 Å². The first-order valence-electron chi connectivity index (χ1n) is 9.02. The van der Waals surface area contributed by atoms with Gasteiger partial charge >= 0.3 is 0 Å². The van der Waals surface area contributed by atoms with Crippen LogP contribution in [-0.4, -0.2) is 54.5 Å². The molecule has 0 aromatic heterocycles. The van der Waals surface area contributed by atoms with Crippen molar-refractivity contribution in [2.45, 2.75) is 38.1 Å². The second-order valence-corrected chi connectivity index (χ2v) is 6.75. The molecule has 24 heavy (non-hydrogen) atoms. The van der Waals surface area contributed by atoms with Crippen LogP contribution in [0.5, 0.6) is 0 Å². The van der Waals surface area contributed by atoms with Crippen molar-refractivity contribution >= 4 is 11.6 Å². The third-order valence-corrected chi connectivity index (χ3v) is 5.08. The van der Waals surface area contributed by atoms with E-state index >= 15 is 0 Å². The summed E-state index contributed by atoms with van der Waals surface area (Å²) in [7, 11) is 0. The van der Waals surface area contributed by atoms with Crippen LogP contribution in [0.15, 0.2) is 24.3 Å². The van der Waals surface area contributed by atoms with E-state index in [4.69, 9.17) is 5.26 Å². The molecule has 128 valence electrons. The zero-order chi connectivity index (χ0) is 16.8. The van der Waals surface area contributed by atoms with Gasteiger partial charge in [-0.05, 0) is 25.0 Å². The van der Waals surface area contributed by atoms with E-state index in [1.54, 1.807) is 0 Å². The maximum absolute atomic E-state index is 12.9. The number of rotatable bonds is 4. The predicted molar refractivity (Wildman–Crippen MR) is 94.9 cm³/mol. The van der Waals surface area contributed by atoms with E-state index in [2.05, 4.69) is 16.3 Å². The molecule has 1 saturated carbocycles. The Labute approximate surface area is 144 Å². The third-order valence-electron chi connectivity index (χ3n) is 5.08.